The Morgan fingerprint density at radius 1 is 1.06 bits per heavy atom. The molecular formula is C12H13N3O. The summed E-state index contributed by atoms with van der Waals surface area (Å²) >= 11 is 0. The first-order valence-electron chi connectivity index (χ1n) is 4.93. The highest BCUT2D eigenvalue weighted by atomic mass is 16.5. The molecular weight excluding hydrogens is 202 g/mol. The summed E-state index contributed by atoms with van der Waals surface area (Å²) in [6.07, 6.45) is 1.63. The van der Waals surface area contributed by atoms with Crippen molar-refractivity contribution in [3.8, 4) is 5.75 Å². The molecule has 0 fully saturated rings. The van der Waals surface area contributed by atoms with Crippen LogP contribution in [0.2, 0.25) is 0 Å². The van der Waals surface area contributed by atoms with E-state index in [1.54, 1.807) is 18.3 Å². The van der Waals surface area contributed by atoms with E-state index < -0.39 is 0 Å². The van der Waals surface area contributed by atoms with Crippen molar-refractivity contribution in [1.82, 2.24) is 4.98 Å². The first-order valence-corrected chi connectivity index (χ1v) is 4.93. The van der Waals surface area contributed by atoms with Gasteiger partial charge in [0, 0.05) is 11.9 Å². The van der Waals surface area contributed by atoms with E-state index in [1.807, 2.05) is 24.3 Å². The van der Waals surface area contributed by atoms with E-state index >= 15 is 0 Å². The third-order valence-corrected chi connectivity index (χ3v) is 2.17. The Balaban J connectivity index is 2.02. The van der Waals surface area contributed by atoms with Crippen molar-refractivity contribution >= 4 is 11.5 Å². The number of rotatable bonds is 3. The summed E-state index contributed by atoms with van der Waals surface area (Å²) in [5.41, 5.74) is 13.0. The Kier molecular flexibility index (Phi) is 2.91. The Morgan fingerprint density at radius 3 is 2.50 bits per heavy atom. The van der Waals surface area contributed by atoms with Crippen LogP contribution in [0.25, 0.3) is 0 Å². The van der Waals surface area contributed by atoms with Gasteiger partial charge in [-0.2, -0.15) is 0 Å². The molecule has 1 heterocycles. The fourth-order valence-electron chi connectivity index (χ4n) is 1.30. The number of nitrogens with two attached hydrogens (primary N) is 2. The standard InChI is InChI=1S/C12H13N3O/c13-10-5-3-9(4-6-10)8-16-11-2-1-7-15-12(11)14/h1-7H,8,13H2,(H2,14,15). The van der Waals surface area contributed by atoms with E-state index in [0.29, 0.717) is 18.2 Å². The van der Waals surface area contributed by atoms with Gasteiger partial charge in [-0.1, -0.05) is 12.1 Å². The van der Waals surface area contributed by atoms with Crippen molar-refractivity contribution in [2.45, 2.75) is 6.61 Å². The molecule has 0 aliphatic carbocycles. The summed E-state index contributed by atoms with van der Waals surface area (Å²) in [6.45, 7) is 0.455. The van der Waals surface area contributed by atoms with Gasteiger partial charge in [-0.3, -0.25) is 0 Å². The van der Waals surface area contributed by atoms with Gasteiger partial charge in [0.2, 0.25) is 0 Å². The molecule has 82 valence electrons. The molecule has 0 aliphatic heterocycles. The van der Waals surface area contributed by atoms with Crippen LogP contribution in [0.3, 0.4) is 0 Å². The molecule has 0 saturated heterocycles. The normalized spacial score (nSPS) is 10.0. The van der Waals surface area contributed by atoms with E-state index in [9.17, 15) is 0 Å². The highest BCUT2D eigenvalue weighted by Crippen LogP contribution is 2.18. The van der Waals surface area contributed by atoms with Crippen LogP contribution in [-0.4, -0.2) is 4.98 Å². The van der Waals surface area contributed by atoms with Gasteiger partial charge in [0.25, 0.3) is 0 Å². The van der Waals surface area contributed by atoms with Crippen molar-refractivity contribution in [3.63, 3.8) is 0 Å². The third-order valence-electron chi connectivity index (χ3n) is 2.17. The molecule has 0 amide bonds. The maximum Gasteiger partial charge on any atom is 0.166 e. The molecule has 1 aromatic heterocycles. The number of benzene rings is 1. The monoisotopic (exact) mass is 215 g/mol. The average Bonchev–Trinajstić information content (AvgIpc) is 2.30. The number of anilines is 2. The molecule has 0 aliphatic rings. The van der Waals surface area contributed by atoms with Gasteiger partial charge in [0.1, 0.15) is 6.61 Å². The Hall–Kier alpha value is -2.23. The highest BCUT2D eigenvalue weighted by molar-refractivity contribution is 5.45. The van der Waals surface area contributed by atoms with Gasteiger partial charge in [-0.25, -0.2) is 4.98 Å². The summed E-state index contributed by atoms with van der Waals surface area (Å²) in [4.78, 5) is 3.94. The molecule has 2 rings (SSSR count). The van der Waals surface area contributed by atoms with E-state index in [-0.39, 0.29) is 0 Å². The first kappa shape index (κ1) is 10.3. The van der Waals surface area contributed by atoms with Gasteiger partial charge in [-0.15, -0.1) is 0 Å². The maximum absolute atomic E-state index is 5.65. The molecule has 0 spiro atoms. The molecule has 16 heavy (non-hydrogen) atoms. The first-order chi connectivity index (χ1) is 7.75. The lowest BCUT2D eigenvalue weighted by molar-refractivity contribution is 0.307. The summed E-state index contributed by atoms with van der Waals surface area (Å²) in [7, 11) is 0. The molecule has 0 unspecified atom stereocenters. The van der Waals surface area contributed by atoms with Crippen LogP contribution < -0.4 is 16.2 Å². The van der Waals surface area contributed by atoms with Gasteiger partial charge in [0.15, 0.2) is 11.6 Å². The molecule has 4 N–H and O–H groups in total. The molecule has 0 saturated carbocycles. The summed E-state index contributed by atoms with van der Waals surface area (Å²) < 4.78 is 5.53. The van der Waals surface area contributed by atoms with Crippen LogP contribution in [-0.2, 0) is 6.61 Å². The van der Waals surface area contributed by atoms with Crippen LogP contribution in [0.4, 0.5) is 11.5 Å². The van der Waals surface area contributed by atoms with Crippen molar-refractivity contribution in [1.29, 1.82) is 0 Å². The zero-order chi connectivity index (χ0) is 11.4. The lowest BCUT2D eigenvalue weighted by atomic mass is 10.2. The summed E-state index contributed by atoms with van der Waals surface area (Å²) in [6, 6.07) is 11.1. The minimum absolute atomic E-state index is 0.401. The summed E-state index contributed by atoms with van der Waals surface area (Å²) in [5.74, 6) is 0.997. The number of nitrogens with zero attached hydrogens (tertiary/aromatic N) is 1. The molecule has 0 atom stereocenters. The van der Waals surface area contributed by atoms with Crippen LogP contribution in [0.5, 0.6) is 5.75 Å². The minimum atomic E-state index is 0.401. The average molecular weight is 215 g/mol. The predicted molar refractivity (Wildman–Crippen MR) is 63.8 cm³/mol. The number of aromatic nitrogens is 1. The molecule has 4 nitrogen and oxygen atoms in total. The SMILES string of the molecule is Nc1ccc(COc2cccnc2N)cc1. The zero-order valence-corrected chi connectivity index (χ0v) is 8.76. The van der Waals surface area contributed by atoms with Crippen LogP contribution in [0.1, 0.15) is 5.56 Å². The van der Waals surface area contributed by atoms with Crippen LogP contribution >= 0.6 is 0 Å². The second kappa shape index (κ2) is 4.53. The molecule has 4 heteroatoms. The second-order valence-electron chi connectivity index (χ2n) is 3.42. The molecule has 2 aromatic rings. The van der Waals surface area contributed by atoms with E-state index in [2.05, 4.69) is 4.98 Å². The second-order valence-corrected chi connectivity index (χ2v) is 3.42. The van der Waals surface area contributed by atoms with Crippen LogP contribution in [0.15, 0.2) is 42.6 Å². The fraction of sp³-hybridized carbons (Fsp3) is 0.0833. The summed E-state index contributed by atoms with van der Waals surface area (Å²) in [5, 5.41) is 0. The number of hydrogen-bond donors (Lipinski definition) is 2. The Labute approximate surface area is 93.9 Å². The van der Waals surface area contributed by atoms with Crippen molar-refractivity contribution in [3.05, 3.63) is 48.2 Å². The third kappa shape index (κ3) is 2.42. The van der Waals surface area contributed by atoms with E-state index in [4.69, 9.17) is 16.2 Å². The van der Waals surface area contributed by atoms with Crippen molar-refractivity contribution < 1.29 is 4.74 Å². The topological polar surface area (TPSA) is 74.2 Å². The quantitative estimate of drug-likeness (QED) is 0.766. The Bertz CT molecular complexity index is 468. The van der Waals surface area contributed by atoms with Crippen molar-refractivity contribution in [2.75, 3.05) is 11.5 Å². The van der Waals surface area contributed by atoms with Gasteiger partial charge in [-0.05, 0) is 29.8 Å². The highest BCUT2D eigenvalue weighted by Gasteiger charge is 2.00. The lowest BCUT2D eigenvalue weighted by Crippen LogP contribution is -2.00. The predicted octanol–water partition coefficient (Wildman–Crippen LogP) is 1.82. The zero-order valence-electron chi connectivity index (χ0n) is 8.76. The largest absolute Gasteiger partial charge is 0.485 e. The van der Waals surface area contributed by atoms with Gasteiger partial charge >= 0.3 is 0 Å². The van der Waals surface area contributed by atoms with Crippen molar-refractivity contribution in [2.24, 2.45) is 0 Å². The number of ether oxygens (including phenoxy) is 1. The Morgan fingerprint density at radius 2 is 1.81 bits per heavy atom. The molecule has 0 bridgehead atoms. The fourth-order valence-corrected chi connectivity index (χ4v) is 1.30. The lowest BCUT2D eigenvalue weighted by Gasteiger charge is -2.07. The van der Waals surface area contributed by atoms with Gasteiger partial charge in [0.05, 0.1) is 0 Å². The molecule has 0 radical (unpaired) electrons. The number of hydrogen-bond acceptors (Lipinski definition) is 4. The van der Waals surface area contributed by atoms with Crippen LogP contribution in [0, 0.1) is 0 Å². The number of nitrogen functional groups attached to an aromatic ring is 2. The van der Waals surface area contributed by atoms with E-state index in [0.717, 1.165) is 11.3 Å². The van der Waals surface area contributed by atoms with E-state index in [1.165, 1.54) is 0 Å². The van der Waals surface area contributed by atoms with Gasteiger partial charge < -0.3 is 16.2 Å². The maximum atomic E-state index is 5.65. The number of pyridine rings is 1. The minimum Gasteiger partial charge on any atom is -0.485 e. The smallest absolute Gasteiger partial charge is 0.166 e. The molecule has 1 aromatic carbocycles.